The zero-order valence-corrected chi connectivity index (χ0v) is 13.3. The maximum absolute atomic E-state index is 11.1. The summed E-state index contributed by atoms with van der Waals surface area (Å²) in [4.78, 5) is 11.5. The van der Waals surface area contributed by atoms with Crippen molar-refractivity contribution in [3.63, 3.8) is 0 Å². The maximum Gasteiger partial charge on any atom is 0.272 e. The van der Waals surface area contributed by atoms with E-state index in [1.54, 1.807) is 30.0 Å². The molecular formula is C16H16N4O2S. The Balaban J connectivity index is 2.21. The molecule has 0 spiro atoms. The quantitative estimate of drug-likeness (QED) is 0.489. The maximum atomic E-state index is 11.1. The van der Waals surface area contributed by atoms with Crippen LogP contribution in [0.25, 0.3) is 0 Å². The standard InChI is InChI=1S/C16H16N4O2S/c17-9-12(10-18)11-19-13-6-14(20(21)22)8-16(7-13)23-15-4-2-1-3-5-15/h6-8,11,15,19H,1-5H2. The second-order valence-corrected chi connectivity index (χ2v) is 6.65. The lowest BCUT2D eigenvalue weighted by molar-refractivity contribution is -0.385. The molecule has 0 saturated heterocycles. The second kappa shape index (κ2) is 8.21. The first-order chi connectivity index (χ1) is 11.1. The zero-order chi connectivity index (χ0) is 16.7. The third-order valence-electron chi connectivity index (χ3n) is 3.58. The average molecular weight is 328 g/mol. The first-order valence-electron chi connectivity index (χ1n) is 7.35. The van der Waals surface area contributed by atoms with Crippen LogP contribution in [0.1, 0.15) is 32.1 Å². The molecule has 6 nitrogen and oxygen atoms in total. The highest BCUT2D eigenvalue weighted by atomic mass is 32.2. The molecular weight excluding hydrogens is 312 g/mol. The highest BCUT2D eigenvalue weighted by Crippen LogP contribution is 2.36. The normalized spacial score (nSPS) is 14.3. The van der Waals surface area contributed by atoms with Crippen molar-refractivity contribution in [1.82, 2.24) is 0 Å². The molecule has 1 aromatic carbocycles. The van der Waals surface area contributed by atoms with Crippen LogP contribution in [0.15, 0.2) is 34.9 Å². The van der Waals surface area contributed by atoms with Gasteiger partial charge in [-0.3, -0.25) is 10.1 Å². The number of hydrogen-bond acceptors (Lipinski definition) is 6. The lowest BCUT2D eigenvalue weighted by Gasteiger charge is -2.21. The third kappa shape index (κ3) is 5.01. The van der Waals surface area contributed by atoms with Gasteiger partial charge in [0, 0.05) is 34.2 Å². The molecule has 0 aromatic heterocycles. The number of hydrogen-bond donors (Lipinski definition) is 1. The van der Waals surface area contributed by atoms with Gasteiger partial charge in [-0.15, -0.1) is 11.8 Å². The molecule has 7 heteroatoms. The second-order valence-electron chi connectivity index (χ2n) is 5.28. The Morgan fingerprint density at radius 3 is 2.57 bits per heavy atom. The molecule has 1 fully saturated rings. The van der Waals surface area contributed by atoms with E-state index in [1.165, 1.54) is 31.5 Å². The van der Waals surface area contributed by atoms with Crippen molar-refractivity contribution < 1.29 is 4.92 Å². The van der Waals surface area contributed by atoms with Crippen LogP contribution in [0.5, 0.6) is 0 Å². The van der Waals surface area contributed by atoms with E-state index in [0.717, 1.165) is 17.7 Å². The minimum atomic E-state index is -0.435. The summed E-state index contributed by atoms with van der Waals surface area (Å²) in [7, 11) is 0. The number of nitro benzene ring substituents is 1. The summed E-state index contributed by atoms with van der Waals surface area (Å²) in [5.41, 5.74) is 0.413. The molecule has 1 aromatic rings. The van der Waals surface area contributed by atoms with Crippen molar-refractivity contribution in [3.8, 4) is 12.1 Å². The molecule has 1 aliphatic rings. The number of benzene rings is 1. The van der Waals surface area contributed by atoms with Crippen LogP contribution in [-0.4, -0.2) is 10.2 Å². The monoisotopic (exact) mass is 328 g/mol. The van der Waals surface area contributed by atoms with Gasteiger partial charge in [0.15, 0.2) is 0 Å². The minimum Gasteiger partial charge on any atom is -0.360 e. The average Bonchev–Trinajstić information content (AvgIpc) is 2.56. The Kier molecular flexibility index (Phi) is 6.02. The first-order valence-corrected chi connectivity index (χ1v) is 8.23. The number of non-ortho nitro benzene ring substituents is 1. The number of nitriles is 2. The summed E-state index contributed by atoms with van der Waals surface area (Å²) in [5.74, 6) is 0. The number of rotatable bonds is 5. The van der Waals surface area contributed by atoms with E-state index in [2.05, 4.69) is 5.32 Å². The number of nitro groups is 1. The largest absolute Gasteiger partial charge is 0.360 e. The van der Waals surface area contributed by atoms with Gasteiger partial charge in [0.25, 0.3) is 5.69 Å². The van der Waals surface area contributed by atoms with Gasteiger partial charge in [-0.25, -0.2) is 0 Å². The Morgan fingerprint density at radius 1 is 1.26 bits per heavy atom. The topological polar surface area (TPSA) is 103 Å². The van der Waals surface area contributed by atoms with Crippen molar-refractivity contribution in [2.24, 2.45) is 0 Å². The predicted octanol–water partition coefficient (Wildman–Crippen LogP) is 4.36. The molecule has 1 saturated carbocycles. The molecule has 0 amide bonds. The molecule has 23 heavy (non-hydrogen) atoms. The summed E-state index contributed by atoms with van der Waals surface area (Å²) >= 11 is 1.66. The molecule has 2 rings (SSSR count). The molecule has 0 aliphatic heterocycles. The predicted molar refractivity (Wildman–Crippen MR) is 88.8 cm³/mol. The van der Waals surface area contributed by atoms with Gasteiger partial charge < -0.3 is 5.32 Å². The SMILES string of the molecule is N#CC(C#N)=CNc1cc(SC2CCCCC2)cc([N+](=O)[O-])c1. The van der Waals surface area contributed by atoms with Gasteiger partial charge in [0.2, 0.25) is 0 Å². The van der Waals surface area contributed by atoms with Crippen molar-refractivity contribution in [2.45, 2.75) is 42.2 Å². The fourth-order valence-corrected chi connectivity index (χ4v) is 3.80. The molecule has 0 atom stereocenters. The molecule has 0 radical (unpaired) electrons. The minimum absolute atomic E-state index is 0.00262. The fraction of sp³-hybridized carbons (Fsp3) is 0.375. The Hall–Kier alpha value is -2.51. The molecule has 0 unspecified atom stereocenters. The third-order valence-corrected chi connectivity index (χ3v) is 4.89. The van der Waals surface area contributed by atoms with Crippen LogP contribution >= 0.6 is 11.8 Å². The number of anilines is 1. The Bertz CT molecular complexity index is 681. The van der Waals surface area contributed by atoms with Crippen molar-refractivity contribution in [3.05, 3.63) is 40.1 Å². The van der Waals surface area contributed by atoms with Crippen LogP contribution in [0, 0.1) is 32.8 Å². The van der Waals surface area contributed by atoms with Crippen molar-refractivity contribution in [1.29, 1.82) is 10.5 Å². The molecule has 1 aliphatic carbocycles. The van der Waals surface area contributed by atoms with E-state index in [0.29, 0.717) is 10.9 Å². The highest BCUT2D eigenvalue weighted by Gasteiger charge is 2.17. The van der Waals surface area contributed by atoms with E-state index >= 15 is 0 Å². The summed E-state index contributed by atoms with van der Waals surface area (Å²) in [5, 5.41) is 31.8. The van der Waals surface area contributed by atoms with Crippen molar-refractivity contribution in [2.75, 3.05) is 5.32 Å². The Morgan fingerprint density at radius 2 is 1.96 bits per heavy atom. The zero-order valence-electron chi connectivity index (χ0n) is 12.5. The smallest absolute Gasteiger partial charge is 0.272 e. The summed E-state index contributed by atoms with van der Waals surface area (Å²) in [6, 6.07) is 8.26. The van der Waals surface area contributed by atoms with E-state index in [-0.39, 0.29) is 11.3 Å². The summed E-state index contributed by atoms with van der Waals surface area (Å²) in [6.45, 7) is 0. The number of nitrogens with zero attached hydrogens (tertiary/aromatic N) is 3. The van der Waals surface area contributed by atoms with Crippen LogP contribution in [0.3, 0.4) is 0 Å². The van der Waals surface area contributed by atoms with E-state index in [1.807, 2.05) is 6.07 Å². The van der Waals surface area contributed by atoms with Gasteiger partial charge in [0.05, 0.1) is 4.92 Å². The highest BCUT2D eigenvalue weighted by molar-refractivity contribution is 8.00. The Labute approximate surface area is 138 Å². The molecule has 118 valence electrons. The number of nitrogens with one attached hydrogen (secondary N) is 1. The van der Waals surface area contributed by atoms with Gasteiger partial charge in [-0.2, -0.15) is 10.5 Å². The lowest BCUT2D eigenvalue weighted by Crippen LogP contribution is -2.07. The summed E-state index contributed by atoms with van der Waals surface area (Å²) < 4.78 is 0. The van der Waals surface area contributed by atoms with Gasteiger partial charge >= 0.3 is 0 Å². The van der Waals surface area contributed by atoms with Crippen LogP contribution in [0.4, 0.5) is 11.4 Å². The first kappa shape index (κ1) is 16.9. The van der Waals surface area contributed by atoms with Gasteiger partial charge in [-0.1, -0.05) is 19.3 Å². The van der Waals surface area contributed by atoms with E-state index < -0.39 is 4.92 Å². The molecule has 0 heterocycles. The van der Waals surface area contributed by atoms with Crippen LogP contribution in [0.2, 0.25) is 0 Å². The molecule has 0 bridgehead atoms. The van der Waals surface area contributed by atoms with Crippen LogP contribution in [-0.2, 0) is 0 Å². The van der Waals surface area contributed by atoms with Crippen LogP contribution < -0.4 is 5.32 Å². The van der Waals surface area contributed by atoms with Gasteiger partial charge in [0.1, 0.15) is 17.7 Å². The summed E-state index contributed by atoms with van der Waals surface area (Å²) in [6.07, 6.45) is 7.18. The lowest BCUT2D eigenvalue weighted by atomic mass is 10.0. The van der Waals surface area contributed by atoms with E-state index in [9.17, 15) is 10.1 Å². The molecule has 1 N–H and O–H groups in total. The van der Waals surface area contributed by atoms with E-state index in [4.69, 9.17) is 10.5 Å². The number of thioether (sulfide) groups is 1. The van der Waals surface area contributed by atoms with Gasteiger partial charge in [-0.05, 0) is 18.9 Å². The number of allylic oxidation sites excluding steroid dienone is 1. The fourth-order valence-electron chi connectivity index (χ4n) is 2.46. The van der Waals surface area contributed by atoms with Crippen molar-refractivity contribution >= 4 is 23.1 Å².